The molecule has 2 aliphatic heterocycles. The standard InChI is InChI=1S/2C15H19NO4/c2*1-2-12-8-16(9-13(12)14(17)18)15(19)20-10-11-6-4-3-5-7-11/h2*3-7,12-13H,2,8-10H2,1H3,(H,17,18)/t2*12-,13+/m10/s1. The molecule has 2 aromatic rings. The maximum absolute atomic E-state index is 12.0. The van der Waals surface area contributed by atoms with Crippen molar-refractivity contribution in [1.29, 1.82) is 0 Å². The number of likely N-dealkylation sites (tertiary alicyclic amines) is 2. The molecule has 216 valence electrons. The van der Waals surface area contributed by atoms with E-state index in [1.165, 1.54) is 9.80 Å². The molecule has 0 aromatic heterocycles. The maximum Gasteiger partial charge on any atom is 0.410 e. The molecule has 0 unspecified atom stereocenters. The molecule has 2 aliphatic rings. The van der Waals surface area contributed by atoms with Gasteiger partial charge in [0.1, 0.15) is 13.2 Å². The second-order valence-corrected chi connectivity index (χ2v) is 10.1. The van der Waals surface area contributed by atoms with Gasteiger partial charge in [0, 0.05) is 26.2 Å². The average Bonchev–Trinajstić information content (AvgIpc) is 3.61. The van der Waals surface area contributed by atoms with Gasteiger partial charge >= 0.3 is 24.1 Å². The molecule has 0 saturated carbocycles. The Morgan fingerprint density at radius 2 is 1.00 bits per heavy atom. The fourth-order valence-corrected chi connectivity index (χ4v) is 5.05. The Hall–Kier alpha value is -4.08. The Bertz CT molecular complexity index is 1040. The van der Waals surface area contributed by atoms with E-state index in [0.29, 0.717) is 13.1 Å². The summed E-state index contributed by atoms with van der Waals surface area (Å²) >= 11 is 0. The van der Waals surface area contributed by atoms with E-state index in [0.717, 1.165) is 24.0 Å². The van der Waals surface area contributed by atoms with Crippen LogP contribution in [0.15, 0.2) is 60.7 Å². The number of carbonyl (C=O) groups excluding carboxylic acids is 2. The number of amides is 2. The first-order chi connectivity index (χ1) is 19.2. The fraction of sp³-hybridized carbons (Fsp3) is 0.467. The highest BCUT2D eigenvalue weighted by atomic mass is 16.6. The quantitative estimate of drug-likeness (QED) is 0.478. The predicted molar refractivity (Wildman–Crippen MR) is 146 cm³/mol. The summed E-state index contributed by atoms with van der Waals surface area (Å²) in [6.07, 6.45) is 0.630. The highest BCUT2D eigenvalue weighted by molar-refractivity contribution is 5.75. The minimum Gasteiger partial charge on any atom is -0.481 e. The summed E-state index contributed by atoms with van der Waals surface area (Å²) in [6, 6.07) is 18.8. The molecule has 2 saturated heterocycles. The second kappa shape index (κ2) is 14.9. The van der Waals surface area contributed by atoms with Crippen LogP contribution in [0.1, 0.15) is 37.8 Å². The number of carboxylic acids is 2. The fourth-order valence-electron chi connectivity index (χ4n) is 5.05. The summed E-state index contributed by atoms with van der Waals surface area (Å²) in [6.45, 7) is 5.71. The molecular formula is C30H38N2O8. The Balaban J connectivity index is 0.000000220. The number of aliphatic carboxylic acids is 2. The Labute approximate surface area is 234 Å². The summed E-state index contributed by atoms with van der Waals surface area (Å²) in [4.78, 5) is 49.2. The van der Waals surface area contributed by atoms with E-state index < -0.39 is 36.0 Å². The van der Waals surface area contributed by atoms with Crippen molar-refractivity contribution in [3.8, 4) is 0 Å². The molecule has 10 heteroatoms. The molecule has 4 rings (SSSR count). The summed E-state index contributed by atoms with van der Waals surface area (Å²) in [5, 5.41) is 18.3. The lowest BCUT2D eigenvalue weighted by Crippen LogP contribution is -2.30. The number of rotatable bonds is 8. The molecule has 0 radical (unpaired) electrons. The van der Waals surface area contributed by atoms with Crippen LogP contribution in [0, 0.1) is 23.7 Å². The van der Waals surface area contributed by atoms with E-state index >= 15 is 0 Å². The zero-order valence-electron chi connectivity index (χ0n) is 23.0. The minimum atomic E-state index is -0.838. The van der Waals surface area contributed by atoms with Gasteiger partial charge in [-0.1, -0.05) is 87.4 Å². The summed E-state index contributed by atoms with van der Waals surface area (Å²) < 4.78 is 10.5. The monoisotopic (exact) mass is 554 g/mol. The van der Waals surface area contributed by atoms with Crippen molar-refractivity contribution in [3.05, 3.63) is 71.8 Å². The van der Waals surface area contributed by atoms with Crippen molar-refractivity contribution in [2.45, 2.75) is 39.9 Å². The van der Waals surface area contributed by atoms with Crippen molar-refractivity contribution >= 4 is 24.1 Å². The average molecular weight is 555 g/mol. The lowest BCUT2D eigenvalue weighted by Gasteiger charge is -2.15. The largest absolute Gasteiger partial charge is 0.481 e. The lowest BCUT2D eigenvalue weighted by atomic mass is 9.94. The first kappa shape index (κ1) is 30.5. The van der Waals surface area contributed by atoms with Gasteiger partial charge in [-0.2, -0.15) is 0 Å². The molecular weight excluding hydrogens is 516 g/mol. The molecule has 40 heavy (non-hydrogen) atoms. The number of carboxylic acid groups (broad SMARTS) is 2. The molecule has 10 nitrogen and oxygen atoms in total. The zero-order chi connectivity index (χ0) is 29.1. The van der Waals surface area contributed by atoms with E-state index in [9.17, 15) is 19.2 Å². The van der Waals surface area contributed by atoms with Crippen LogP contribution in [0.4, 0.5) is 9.59 Å². The minimum absolute atomic E-state index is 0.0109. The van der Waals surface area contributed by atoms with Crippen LogP contribution in [0.3, 0.4) is 0 Å². The zero-order valence-corrected chi connectivity index (χ0v) is 23.0. The van der Waals surface area contributed by atoms with Gasteiger partial charge in [-0.25, -0.2) is 9.59 Å². The van der Waals surface area contributed by atoms with Crippen LogP contribution in [-0.2, 0) is 32.3 Å². The molecule has 0 aliphatic carbocycles. The number of nitrogens with zero attached hydrogens (tertiary/aromatic N) is 2. The molecule has 2 N–H and O–H groups in total. The van der Waals surface area contributed by atoms with Crippen LogP contribution >= 0.6 is 0 Å². The molecule has 2 fully saturated rings. The molecule has 2 aromatic carbocycles. The normalized spacial score (nSPS) is 21.8. The summed E-state index contributed by atoms with van der Waals surface area (Å²) in [7, 11) is 0. The molecule has 0 bridgehead atoms. The van der Waals surface area contributed by atoms with E-state index in [2.05, 4.69) is 0 Å². The van der Waals surface area contributed by atoms with Gasteiger partial charge in [-0.15, -0.1) is 0 Å². The van der Waals surface area contributed by atoms with Crippen LogP contribution in [0.25, 0.3) is 0 Å². The highest BCUT2D eigenvalue weighted by Gasteiger charge is 2.40. The third-order valence-electron chi connectivity index (χ3n) is 7.49. The molecule has 4 atom stereocenters. The first-order valence-electron chi connectivity index (χ1n) is 13.6. The van der Waals surface area contributed by atoms with Gasteiger partial charge in [0.2, 0.25) is 0 Å². The van der Waals surface area contributed by atoms with Crippen molar-refractivity contribution in [2.24, 2.45) is 23.7 Å². The number of ether oxygens (including phenoxy) is 2. The number of carbonyl (C=O) groups is 4. The SMILES string of the molecule is CC[C@@H]1CN(C(=O)OCc2ccccc2)C[C@@H]1C(=O)O.CC[C@H]1CN(C(=O)OCc2ccccc2)C[C@H]1C(=O)O. The van der Waals surface area contributed by atoms with Gasteiger partial charge in [0.15, 0.2) is 0 Å². The second-order valence-electron chi connectivity index (χ2n) is 10.1. The van der Waals surface area contributed by atoms with Crippen molar-refractivity contribution < 1.29 is 38.9 Å². The van der Waals surface area contributed by atoms with Gasteiger partial charge < -0.3 is 29.5 Å². The summed E-state index contributed by atoms with van der Waals surface area (Å²) in [5.74, 6) is -2.62. The van der Waals surface area contributed by atoms with Crippen LogP contribution in [0.5, 0.6) is 0 Å². The number of hydrogen-bond acceptors (Lipinski definition) is 6. The number of hydrogen-bond donors (Lipinski definition) is 2. The van der Waals surface area contributed by atoms with Gasteiger partial charge in [-0.3, -0.25) is 9.59 Å². The van der Waals surface area contributed by atoms with Crippen LogP contribution < -0.4 is 0 Å². The van der Waals surface area contributed by atoms with Gasteiger partial charge in [-0.05, 0) is 23.0 Å². The smallest absolute Gasteiger partial charge is 0.410 e. The van der Waals surface area contributed by atoms with E-state index in [1.807, 2.05) is 74.5 Å². The number of benzene rings is 2. The Morgan fingerprint density at radius 3 is 1.27 bits per heavy atom. The van der Waals surface area contributed by atoms with Gasteiger partial charge in [0.25, 0.3) is 0 Å². The predicted octanol–water partition coefficient (Wildman–Crippen LogP) is 4.73. The molecule has 2 amide bonds. The first-order valence-corrected chi connectivity index (χ1v) is 13.6. The maximum atomic E-state index is 12.0. The topological polar surface area (TPSA) is 134 Å². The Kier molecular flexibility index (Phi) is 11.4. The van der Waals surface area contributed by atoms with E-state index in [-0.39, 0.29) is 38.1 Å². The summed E-state index contributed by atoms with van der Waals surface area (Å²) in [5.41, 5.74) is 1.84. The van der Waals surface area contributed by atoms with Crippen molar-refractivity contribution in [1.82, 2.24) is 9.80 Å². The lowest BCUT2D eigenvalue weighted by molar-refractivity contribution is -0.143. The Morgan fingerprint density at radius 1 is 0.650 bits per heavy atom. The van der Waals surface area contributed by atoms with Crippen molar-refractivity contribution in [3.63, 3.8) is 0 Å². The molecule has 0 spiro atoms. The third kappa shape index (κ3) is 8.46. The van der Waals surface area contributed by atoms with Gasteiger partial charge in [0.05, 0.1) is 11.8 Å². The van der Waals surface area contributed by atoms with Crippen LogP contribution in [0.2, 0.25) is 0 Å². The van der Waals surface area contributed by atoms with E-state index in [1.54, 1.807) is 0 Å². The van der Waals surface area contributed by atoms with Crippen molar-refractivity contribution in [2.75, 3.05) is 26.2 Å². The molecule has 2 heterocycles. The third-order valence-corrected chi connectivity index (χ3v) is 7.49. The van der Waals surface area contributed by atoms with Crippen LogP contribution in [-0.4, -0.2) is 70.3 Å². The van der Waals surface area contributed by atoms with E-state index in [4.69, 9.17) is 19.7 Å². The highest BCUT2D eigenvalue weighted by Crippen LogP contribution is 2.28.